The predicted octanol–water partition coefficient (Wildman–Crippen LogP) is 4.00. The Hall–Kier alpha value is -3.06. The number of benzene rings is 2. The Kier molecular flexibility index (Phi) is 5.84. The van der Waals surface area contributed by atoms with Crippen LogP contribution in [0.1, 0.15) is 22.5 Å². The Bertz CT molecular complexity index is 1030. The first kappa shape index (κ1) is 19.7. The lowest BCUT2D eigenvalue weighted by Crippen LogP contribution is -2.42. The molecule has 3 rings (SSSR count). The summed E-state index contributed by atoms with van der Waals surface area (Å²) in [4.78, 5) is 14.2. The second-order valence-corrected chi connectivity index (χ2v) is 8.33. The lowest BCUT2D eigenvalue weighted by Gasteiger charge is -2.22. The summed E-state index contributed by atoms with van der Waals surface area (Å²) in [7, 11) is -3.97. The van der Waals surface area contributed by atoms with Crippen molar-refractivity contribution >= 4 is 16.1 Å². The third kappa shape index (κ3) is 5.01. The summed E-state index contributed by atoms with van der Waals surface area (Å²) in [6.45, 7) is 4.24. The number of nitrogens with zero attached hydrogens (tertiary/aromatic N) is 1. The fourth-order valence-corrected chi connectivity index (χ4v) is 3.63. The van der Waals surface area contributed by atoms with Crippen LogP contribution in [0.2, 0.25) is 0 Å². The molecule has 1 heterocycles. The highest BCUT2D eigenvalue weighted by atomic mass is 32.2. The normalized spacial score (nSPS) is 11.2. The minimum atomic E-state index is -3.97. The van der Waals surface area contributed by atoms with Gasteiger partial charge >= 0.3 is 6.03 Å². The van der Waals surface area contributed by atoms with E-state index in [1.165, 1.54) is 23.3 Å². The average Bonchev–Trinajstić information content (AvgIpc) is 3.16. The van der Waals surface area contributed by atoms with E-state index < -0.39 is 16.1 Å². The molecule has 0 fully saturated rings. The molecule has 1 aromatic heterocycles. The molecule has 0 bridgehead atoms. The van der Waals surface area contributed by atoms with Crippen molar-refractivity contribution in [1.29, 1.82) is 0 Å². The van der Waals surface area contributed by atoms with Crippen LogP contribution in [-0.4, -0.2) is 19.3 Å². The Balaban J connectivity index is 1.80. The van der Waals surface area contributed by atoms with Gasteiger partial charge < -0.3 is 9.32 Å². The first-order valence-electron chi connectivity index (χ1n) is 8.80. The van der Waals surface area contributed by atoms with Crippen LogP contribution in [0.5, 0.6) is 0 Å². The second kappa shape index (κ2) is 8.31. The van der Waals surface area contributed by atoms with Gasteiger partial charge in [-0.1, -0.05) is 47.5 Å². The van der Waals surface area contributed by atoms with Gasteiger partial charge in [0.05, 0.1) is 17.7 Å². The third-order valence-electron chi connectivity index (χ3n) is 4.26. The molecule has 0 unspecified atom stereocenters. The molecule has 0 radical (unpaired) electrons. The van der Waals surface area contributed by atoms with Crippen molar-refractivity contribution in [3.63, 3.8) is 0 Å². The van der Waals surface area contributed by atoms with Gasteiger partial charge in [0, 0.05) is 6.54 Å². The smallest absolute Gasteiger partial charge is 0.332 e. The minimum Gasteiger partial charge on any atom is -0.467 e. The molecular weight excluding hydrogens is 376 g/mol. The second-order valence-electron chi connectivity index (χ2n) is 6.64. The molecule has 2 aromatic carbocycles. The predicted molar refractivity (Wildman–Crippen MR) is 106 cm³/mol. The number of carbonyl (C=O) groups is 1. The van der Waals surface area contributed by atoms with Gasteiger partial charge in [0.25, 0.3) is 10.0 Å². The quantitative estimate of drug-likeness (QED) is 0.681. The summed E-state index contributed by atoms with van der Waals surface area (Å²) in [6, 6.07) is 16.8. The number of rotatable bonds is 6. The lowest BCUT2D eigenvalue weighted by molar-refractivity contribution is 0.193. The first-order valence-corrected chi connectivity index (χ1v) is 10.3. The number of carbonyl (C=O) groups excluding carboxylic acids is 1. The van der Waals surface area contributed by atoms with Crippen LogP contribution in [0, 0.1) is 13.8 Å². The van der Waals surface area contributed by atoms with Crippen LogP contribution in [0.3, 0.4) is 0 Å². The van der Waals surface area contributed by atoms with Gasteiger partial charge in [-0.2, -0.15) is 0 Å². The number of urea groups is 1. The summed E-state index contributed by atoms with van der Waals surface area (Å²) < 4.78 is 32.6. The zero-order chi connectivity index (χ0) is 20.1. The molecule has 0 saturated heterocycles. The standard InChI is InChI=1S/C21H22N2O4S/c1-16-5-9-18(10-6-16)14-23(15-19-4-3-13-27-19)21(24)22-28(25,26)20-11-7-17(2)8-12-20/h3-13H,14-15H2,1-2H3,(H,22,24). The van der Waals surface area contributed by atoms with Crippen molar-refractivity contribution in [1.82, 2.24) is 9.62 Å². The summed E-state index contributed by atoms with van der Waals surface area (Å²) >= 11 is 0. The van der Waals surface area contributed by atoms with E-state index in [0.29, 0.717) is 5.76 Å². The number of furan rings is 1. The molecule has 0 saturated carbocycles. The van der Waals surface area contributed by atoms with Crippen molar-refractivity contribution in [2.75, 3.05) is 0 Å². The monoisotopic (exact) mass is 398 g/mol. The summed E-state index contributed by atoms with van der Waals surface area (Å²) in [5.74, 6) is 0.565. The molecular formula is C21H22N2O4S. The zero-order valence-electron chi connectivity index (χ0n) is 15.8. The van der Waals surface area contributed by atoms with Gasteiger partial charge in [-0.25, -0.2) is 17.9 Å². The van der Waals surface area contributed by atoms with Crippen LogP contribution in [0.15, 0.2) is 76.2 Å². The number of amides is 2. The van der Waals surface area contributed by atoms with Crippen molar-refractivity contribution < 1.29 is 17.6 Å². The van der Waals surface area contributed by atoms with Gasteiger partial charge in [-0.15, -0.1) is 0 Å². The van der Waals surface area contributed by atoms with E-state index in [0.717, 1.165) is 16.7 Å². The van der Waals surface area contributed by atoms with Crippen molar-refractivity contribution in [2.24, 2.45) is 0 Å². The third-order valence-corrected chi connectivity index (χ3v) is 5.60. The molecule has 0 atom stereocenters. The SMILES string of the molecule is Cc1ccc(CN(Cc2ccco2)C(=O)NS(=O)(=O)c2ccc(C)cc2)cc1. The Morgan fingerprint density at radius 1 is 0.929 bits per heavy atom. The van der Waals surface area contributed by atoms with Gasteiger partial charge in [-0.05, 0) is 43.7 Å². The van der Waals surface area contributed by atoms with Crippen molar-refractivity contribution in [3.8, 4) is 0 Å². The highest BCUT2D eigenvalue weighted by molar-refractivity contribution is 7.90. The number of nitrogens with one attached hydrogen (secondary N) is 1. The van der Waals surface area contributed by atoms with Crippen molar-refractivity contribution in [3.05, 3.63) is 89.4 Å². The fraction of sp³-hybridized carbons (Fsp3) is 0.190. The molecule has 0 aliphatic rings. The summed E-state index contributed by atoms with van der Waals surface area (Å²) in [5, 5.41) is 0. The van der Waals surface area contributed by atoms with Crippen LogP contribution in [-0.2, 0) is 23.1 Å². The van der Waals surface area contributed by atoms with E-state index in [2.05, 4.69) is 4.72 Å². The fourth-order valence-electron chi connectivity index (χ4n) is 2.66. The van der Waals surface area contributed by atoms with Gasteiger partial charge in [0.1, 0.15) is 5.76 Å². The van der Waals surface area contributed by atoms with E-state index >= 15 is 0 Å². The minimum absolute atomic E-state index is 0.0414. The number of hydrogen-bond acceptors (Lipinski definition) is 4. The topological polar surface area (TPSA) is 79.6 Å². The molecule has 7 heteroatoms. The van der Waals surface area contributed by atoms with Gasteiger partial charge in [0.15, 0.2) is 0 Å². The van der Waals surface area contributed by atoms with Crippen LogP contribution in [0.4, 0.5) is 4.79 Å². The summed E-state index contributed by atoms with van der Waals surface area (Å²) in [5.41, 5.74) is 2.93. The van der Waals surface area contributed by atoms with E-state index in [4.69, 9.17) is 4.42 Å². The summed E-state index contributed by atoms with van der Waals surface area (Å²) in [6.07, 6.45) is 1.51. The number of sulfonamides is 1. The largest absolute Gasteiger partial charge is 0.467 e. The molecule has 1 N–H and O–H groups in total. The Morgan fingerprint density at radius 3 is 2.11 bits per heavy atom. The molecule has 3 aromatic rings. The van der Waals surface area contributed by atoms with Crippen LogP contribution >= 0.6 is 0 Å². The number of hydrogen-bond donors (Lipinski definition) is 1. The maximum Gasteiger partial charge on any atom is 0.332 e. The lowest BCUT2D eigenvalue weighted by atomic mass is 10.1. The maximum atomic E-state index is 12.8. The maximum absolute atomic E-state index is 12.8. The molecule has 0 aliphatic heterocycles. The molecule has 6 nitrogen and oxygen atoms in total. The van der Waals surface area contributed by atoms with E-state index in [-0.39, 0.29) is 18.0 Å². The first-order chi connectivity index (χ1) is 13.3. The van der Waals surface area contributed by atoms with Crippen LogP contribution in [0.25, 0.3) is 0 Å². The van der Waals surface area contributed by atoms with E-state index in [9.17, 15) is 13.2 Å². The van der Waals surface area contributed by atoms with Gasteiger partial charge in [-0.3, -0.25) is 0 Å². The molecule has 28 heavy (non-hydrogen) atoms. The number of aryl methyl sites for hydroxylation is 2. The molecule has 0 spiro atoms. The molecule has 0 aliphatic carbocycles. The highest BCUT2D eigenvalue weighted by Crippen LogP contribution is 2.14. The Morgan fingerprint density at radius 2 is 1.54 bits per heavy atom. The van der Waals surface area contributed by atoms with Gasteiger partial charge in [0.2, 0.25) is 0 Å². The highest BCUT2D eigenvalue weighted by Gasteiger charge is 2.23. The van der Waals surface area contributed by atoms with E-state index in [1.807, 2.05) is 38.1 Å². The van der Waals surface area contributed by atoms with E-state index in [1.54, 1.807) is 24.3 Å². The van der Waals surface area contributed by atoms with Crippen LogP contribution < -0.4 is 4.72 Å². The molecule has 2 amide bonds. The Labute approximate surface area is 164 Å². The zero-order valence-corrected chi connectivity index (χ0v) is 16.6. The average molecular weight is 398 g/mol. The molecule has 146 valence electrons. The van der Waals surface area contributed by atoms with Crippen molar-refractivity contribution in [2.45, 2.75) is 31.8 Å².